The van der Waals surface area contributed by atoms with Gasteiger partial charge in [-0.25, -0.2) is 0 Å². The Balaban J connectivity index is 4.01. The molecule has 0 aliphatic rings. The first kappa shape index (κ1) is 13.4. The van der Waals surface area contributed by atoms with E-state index in [9.17, 15) is 9.59 Å². The number of hydrogen-bond acceptors (Lipinski definition) is 5. The quantitative estimate of drug-likeness (QED) is 0.362. The summed E-state index contributed by atoms with van der Waals surface area (Å²) in [7, 11) is 1.58. The average Bonchev–Trinajstić information content (AvgIpc) is 2.12. The van der Waals surface area contributed by atoms with Crippen LogP contribution in [-0.4, -0.2) is 43.1 Å². The molecule has 0 radical (unpaired) electrons. The Kier molecular flexibility index (Phi) is 7.51. The second-order valence-corrected chi connectivity index (χ2v) is 3.82. The summed E-state index contributed by atoms with van der Waals surface area (Å²) in [6, 6.07) is 0. The molecule has 1 atom stereocenters. The number of hydrogen-bond donors (Lipinski definition) is 0. The lowest BCUT2D eigenvalue weighted by atomic mass is 10.3. The zero-order valence-corrected chi connectivity index (χ0v) is 9.56. The maximum atomic E-state index is 11.3. The van der Waals surface area contributed by atoms with Crippen molar-refractivity contribution in [3.8, 4) is 0 Å². The normalized spacial score (nSPS) is 12.2. The summed E-state index contributed by atoms with van der Waals surface area (Å²) in [4.78, 5) is 22.4. The van der Waals surface area contributed by atoms with Crippen molar-refractivity contribution < 1.29 is 19.1 Å². The van der Waals surface area contributed by atoms with Crippen molar-refractivity contribution in [2.75, 3.05) is 26.1 Å². The average molecular weight is 220 g/mol. The molecule has 5 heteroatoms. The van der Waals surface area contributed by atoms with E-state index in [2.05, 4.69) is 0 Å². The lowest BCUT2D eigenvalue weighted by Gasteiger charge is -2.11. The SMILES string of the molecule is CCOC(=O)C(SCCOC)C(C)=O. The van der Waals surface area contributed by atoms with Crippen LogP contribution in [0.4, 0.5) is 0 Å². The first-order valence-corrected chi connectivity index (χ1v) is 5.46. The lowest BCUT2D eigenvalue weighted by molar-refractivity contribution is -0.144. The van der Waals surface area contributed by atoms with Crippen LogP contribution >= 0.6 is 11.8 Å². The van der Waals surface area contributed by atoms with E-state index in [4.69, 9.17) is 9.47 Å². The molecule has 1 unspecified atom stereocenters. The van der Waals surface area contributed by atoms with Gasteiger partial charge in [-0.15, -0.1) is 11.8 Å². The molecule has 0 rings (SSSR count). The monoisotopic (exact) mass is 220 g/mol. The van der Waals surface area contributed by atoms with E-state index in [1.807, 2.05) is 0 Å². The molecule has 0 heterocycles. The maximum absolute atomic E-state index is 11.3. The van der Waals surface area contributed by atoms with Gasteiger partial charge in [-0.05, 0) is 13.8 Å². The predicted molar refractivity (Wildman–Crippen MR) is 55.4 cm³/mol. The van der Waals surface area contributed by atoms with Crippen molar-refractivity contribution >= 4 is 23.5 Å². The van der Waals surface area contributed by atoms with Crippen LogP contribution in [0.1, 0.15) is 13.8 Å². The zero-order chi connectivity index (χ0) is 11.0. The van der Waals surface area contributed by atoms with Crippen molar-refractivity contribution in [1.29, 1.82) is 0 Å². The molecule has 82 valence electrons. The van der Waals surface area contributed by atoms with E-state index < -0.39 is 11.2 Å². The van der Waals surface area contributed by atoms with E-state index in [0.29, 0.717) is 19.0 Å². The zero-order valence-electron chi connectivity index (χ0n) is 8.74. The van der Waals surface area contributed by atoms with E-state index in [0.717, 1.165) is 0 Å². The van der Waals surface area contributed by atoms with Crippen LogP contribution in [0.25, 0.3) is 0 Å². The van der Waals surface area contributed by atoms with Gasteiger partial charge in [0, 0.05) is 12.9 Å². The van der Waals surface area contributed by atoms with E-state index in [1.165, 1.54) is 18.7 Å². The number of methoxy groups -OCH3 is 1. The predicted octanol–water partition coefficient (Wildman–Crippen LogP) is 0.887. The van der Waals surface area contributed by atoms with Crippen LogP contribution in [0.3, 0.4) is 0 Å². The Morgan fingerprint density at radius 2 is 2.07 bits per heavy atom. The van der Waals surface area contributed by atoms with Gasteiger partial charge < -0.3 is 9.47 Å². The third-order valence-electron chi connectivity index (χ3n) is 1.44. The molecule has 0 saturated heterocycles. The minimum atomic E-state index is -0.704. The summed E-state index contributed by atoms with van der Waals surface area (Å²) in [5, 5.41) is -0.704. The van der Waals surface area contributed by atoms with Crippen LogP contribution in [0.5, 0.6) is 0 Å². The minimum absolute atomic E-state index is 0.176. The third-order valence-corrected chi connectivity index (χ3v) is 2.70. The summed E-state index contributed by atoms with van der Waals surface area (Å²) >= 11 is 1.25. The standard InChI is InChI=1S/C9H16O4S/c1-4-13-9(11)8(7(2)10)14-6-5-12-3/h8H,4-6H2,1-3H3. The van der Waals surface area contributed by atoms with Gasteiger partial charge >= 0.3 is 5.97 Å². The second kappa shape index (κ2) is 7.82. The molecule has 0 aromatic rings. The van der Waals surface area contributed by atoms with Crippen molar-refractivity contribution in [2.24, 2.45) is 0 Å². The Hall–Kier alpha value is -0.550. The van der Waals surface area contributed by atoms with Gasteiger partial charge in [0.05, 0.1) is 13.2 Å². The molecule has 0 spiro atoms. The molecule has 0 aromatic heterocycles. The van der Waals surface area contributed by atoms with Crippen LogP contribution in [-0.2, 0) is 19.1 Å². The summed E-state index contributed by atoms with van der Waals surface area (Å²) in [6.45, 7) is 3.93. The highest BCUT2D eigenvalue weighted by Gasteiger charge is 2.24. The number of thioether (sulfide) groups is 1. The molecule has 0 aromatic carbocycles. The summed E-state index contributed by atoms with van der Waals surface area (Å²) < 4.78 is 9.60. The van der Waals surface area contributed by atoms with Crippen molar-refractivity contribution in [2.45, 2.75) is 19.1 Å². The fraction of sp³-hybridized carbons (Fsp3) is 0.778. The molecular weight excluding hydrogens is 204 g/mol. The van der Waals surface area contributed by atoms with Gasteiger partial charge in [0.25, 0.3) is 0 Å². The number of esters is 1. The molecule has 0 aliphatic carbocycles. The van der Waals surface area contributed by atoms with Gasteiger partial charge in [0.15, 0.2) is 11.0 Å². The second-order valence-electron chi connectivity index (χ2n) is 2.61. The van der Waals surface area contributed by atoms with E-state index >= 15 is 0 Å². The van der Waals surface area contributed by atoms with Gasteiger partial charge in [-0.2, -0.15) is 0 Å². The van der Waals surface area contributed by atoms with Gasteiger partial charge in [0.2, 0.25) is 0 Å². The smallest absolute Gasteiger partial charge is 0.326 e. The number of carbonyl (C=O) groups is 2. The first-order valence-electron chi connectivity index (χ1n) is 4.41. The molecule has 4 nitrogen and oxygen atoms in total. The Morgan fingerprint density at radius 3 is 2.50 bits per heavy atom. The molecule has 0 bridgehead atoms. The van der Waals surface area contributed by atoms with Crippen LogP contribution in [0.15, 0.2) is 0 Å². The molecule has 0 fully saturated rings. The molecule has 0 N–H and O–H groups in total. The topological polar surface area (TPSA) is 52.6 Å². The lowest BCUT2D eigenvalue weighted by Crippen LogP contribution is -2.27. The highest BCUT2D eigenvalue weighted by atomic mass is 32.2. The fourth-order valence-electron chi connectivity index (χ4n) is 0.819. The molecular formula is C9H16O4S. The Labute approximate surface area is 88.3 Å². The maximum Gasteiger partial charge on any atom is 0.326 e. The van der Waals surface area contributed by atoms with Crippen LogP contribution in [0.2, 0.25) is 0 Å². The van der Waals surface area contributed by atoms with Crippen molar-refractivity contribution in [1.82, 2.24) is 0 Å². The number of ether oxygens (including phenoxy) is 2. The molecule has 14 heavy (non-hydrogen) atoms. The van der Waals surface area contributed by atoms with E-state index in [1.54, 1.807) is 14.0 Å². The van der Waals surface area contributed by atoms with Crippen molar-refractivity contribution in [3.05, 3.63) is 0 Å². The van der Waals surface area contributed by atoms with Crippen LogP contribution < -0.4 is 0 Å². The fourth-order valence-corrected chi connectivity index (χ4v) is 1.76. The van der Waals surface area contributed by atoms with Gasteiger partial charge in [-0.1, -0.05) is 0 Å². The largest absolute Gasteiger partial charge is 0.465 e. The Morgan fingerprint density at radius 1 is 1.43 bits per heavy atom. The van der Waals surface area contributed by atoms with Gasteiger partial charge in [-0.3, -0.25) is 9.59 Å². The molecule has 0 saturated carbocycles. The number of ketones is 1. The first-order chi connectivity index (χ1) is 6.63. The van der Waals surface area contributed by atoms with Crippen LogP contribution in [0, 0.1) is 0 Å². The molecule has 0 aliphatic heterocycles. The van der Waals surface area contributed by atoms with E-state index in [-0.39, 0.29) is 5.78 Å². The summed E-state index contributed by atoms with van der Waals surface area (Å²) in [5.74, 6) is -0.0230. The summed E-state index contributed by atoms with van der Waals surface area (Å²) in [5.41, 5.74) is 0. The Bertz CT molecular complexity index is 193. The number of rotatable bonds is 7. The van der Waals surface area contributed by atoms with Crippen molar-refractivity contribution in [3.63, 3.8) is 0 Å². The number of carbonyl (C=O) groups excluding carboxylic acids is 2. The third kappa shape index (κ3) is 5.24. The van der Waals surface area contributed by atoms with Gasteiger partial charge in [0.1, 0.15) is 0 Å². The number of Topliss-reactive ketones (excluding diaryl/α,β-unsaturated/α-hetero) is 1. The highest BCUT2D eigenvalue weighted by Crippen LogP contribution is 2.13. The minimum Gasteiger partial charge on any atom is -0.465 e. The highest BCUT2D eigenvalue weighted by molar-refractivity contribution is 8.01. The molecule has 0 amide bonds. The summed E-state index contributed by atoms with van der Waals surface area (Å²) in [6.07, 6.45) is 0.